The van der Waals surface area contributed by atoms with Gasteiger partial charge in [-0.15, -0.1) is 0 Å². The predicted octanol–water partition coefficient (Wildman–Crippen LogP) is 3.26. The van der Waals surface area contributed by atoms with Crippen molar-refractivity contribution in [1.29, 1.82) is 5.26 Å². The Labute approximate surface area is 173 Å². The van der Waals surface area contributed by atoms with Crippen molar-refractivity contribution in [3.63, 3.8) is 0 Å². The van der Waals surface area contributed by atoms with Gasteiger partial charge in [0.1, 0.15) is 11.4 Å². The van der Waals surface area contributed by atoms with Crippen LogP contribution in [-0.4, -0.2) is 47.1 Å². The molecule has 2 heterocycles. The Balaban J connectivity index is 1.41. The second-order valence-electron chi connectivity index (χ2n) is 7.75. The molecule has 156 valence electrons. The molecule has 1 aliphatic heterocycles. The molecule has 1 N–H and O–H groups in total. The number of piperazine rings is 1. The smallest absolute Gasteiger partial charge is 0.270 e. The number of nitrogens with one attached hydrogen (secondary N) is 1. The summed E-state index contributed by atoms with van der Waals surface area (Å²) in [7, 11) is 0. The molecule has 2 aromatic rings. The molecule has 4 rings (SSSR count). The van der Waals surface area contributed by atoms with Gasteiger partial charge < -0.3 is 9.88 Å². The first-order chi connectivity index (χ1) is 14.5. The average molecular weight is 411 g/mol. The van der Waals surface area contributed by atoms with Gasteiger partial charge in [-0.05, 0) is 49.1 Å². The summed E-state index contributed by atoms with van der Waals surface area (Å²) >= 11 is 0. The number of aryl methyl sites for hydroxylation is 1. The predicted molar refractivity (Wildman–Crippen MR) is 110 cm³/mol. The molecule has 0 amide bonds. The van der Waals surface area contributed by atoms with Gasteiger partial charge in [0, 0.05) is 44.1 Å². The fourth-order valence-electron chi connectivity index (χ4n) is 4.29. The fourth-order valence-corrected chi connectivity index (χ4v) is 4.29. The monoisotopic (exact) mass is 411 g/mol. The second-order valence-corrected chi connectivity index (χ2v) is 7.75. The number of benzene rings is 1. The molecular weight excluding hydrogens is 388 g/mol. The Bertz CT molecular complexity index is 1060. The number of alkyl halides is 2. The molecule has 1 saturated heterocycles. The Hall–Kier alpha value is -3.05. The zero-order chi connectivity index (χ0) is 21.3. The summed E-state index contributed by atoms with van der Waals surface area (Å²) in [6.45, 7) is 5.63. The van der Waals surface area contributed by atoms with Crippen LogP contribution >= 0.6 is 0 Å². The van der Waals surface area contributed by atoms with Crippen molar-refractivity contribution in [3.8, 4) is 6.07 Å². The Morgan fingerprint density at radius 2 is 2.03 bits per heavy atom. The molecular formula is C22H23F2N5O. The minimum atomic E-state index is -2.82. The van der Waals surface area contributed by atoms with E-state index in [1.54, 1.807) is 0 Å². The summed E-state index contributed by atoms with van der Waals surface area (Å²) in [6.07, 6.45) is 1.94. The van der Waals surface area contributed by atoms with Crippen LogP contribution in [-0.2, 0) is 0 Å². The number of halogens is 2. The lowest BCUT2D eigenvalue weighted by Gasteiger charge is -2.39. The van der Waals surface area contributed by atoms with Crippen LogP contribution in [0.1, 0.15) is 41.8 Å². The van der Waals surface area contributed by atoms with Crippen molar-refractivity contribution >= 4 is 11.3 Å². The number of allylic oxidation sites excluding steroid dienone is 1. The topological polar surface area (TPSA) is 76.0 Å². The fraction of sp³-hybridized carbons (Fsp3) is 0.409. The van der Waals surface area contributed by atoms with Crippen molar-refractivity contribution in [2.24, 2.45) is 0 Å². The van der Waals surface area contributed by atoms with Crippen molar-refractivity contribution < 1.29 is 8.78 Å². The van der Waals surface area contributed by atoms with E-state index in [9.17, 15) is 13.6 Å². The number of nitrogens with zero attached hydrogens (tertiary/aromatic N) is 4. The highest BCUT2D eigenvalue weighted by atomic mass is 19.3. The summed E-state index contributed by atoms with van der Waals surface area (Å²) < 4.78 is 25.5. The van der Waals surface area contributed by atoms with Gasteiger partial charge >= 0.3 is 0 Å². The van der Waals surface area contributed by atoms with E-state index in [0.29, 0.717) is 11.4 Å². The average Bonchev–Trinajstić information content (AvgIpc) is 3.24. The van der Waals surface area contributed by atoms with Gasteiger partial charge in [0.05, 0.1) is 11.6 Å². The molecule has 0 saturated carbocycles. The zero-order valence-electron chi connectivity index (χ0n) is 16.7. The van der Waals surface area contributed by atoms with Crippen LogP contribution in [0.25, 0.3) is 5.57 Å². The highest BCUT2D eigenvalue weighted by molar-refractivity contribution is 5.63. The van der Waals surface area contributed by atoms with E-state index in [0.717, 1.165) is 62.0 Å². The quantitative estimate of drug-likeness (QED) is 0.836. The van der Waals surface area contributed by atoms with Gasteiger partial charge in [-0.25, -0.2) is 13.8 Å². The molecule has 0 radical (unpaired) electrons. The molecule has 1 aromatic heterocycles. The lowest BCUT2D eigenvalue weighted by molar-refractivity contribution is 0.149. The van der Waals surface area contributed by atoms with Gasteiger partial charge in [0.15, 0.2) is 0 Å². The molecule has 1 unspecified atom stereocenters. The van der Waals surface area contributed by atoms with Crippen molar-refractivity contribution in [1.82, 2.24) is 14.9 Å². The number of aromatic nitrogens is 2. The first-order valence-electron chi connectivity index (χ1n) is 10.0. The molecule has 1 aromatic carbocycles. The van der Waals surface area contributed by atoms with E-state index in [1.165, 1.54) is 0 Å². The van der Waals surface area contributed by atoms with Gasteiger partial charge in [-0.3, -0.25) is 9.69 Å². The molecule has 1 aliphatic carbocycles. The molecule has 1 atom stereocenters. The highest BCUT2D eigenvalue weighted by Crippen LogP contribution is 2.30. The van der Waals surface area contributed by atoms with Gasteiger partial charge in [-0.2, -0.15) is 5.26 Å². The first-order valence-corrected chi connectivity index (χ1v) is 10.0. The molecule has 6 nitrogen and oxygen atoms in total. The summed E-state index contributed by atoms with van der Waals surface area (Å²) in [4.78, 5) is 23.1. The van der Waals surface area contributed by atoms with E-state index in [2.05, 4.69) is 31.9 Å². The number of H-pyrrole nitrogens is 1. The zero-order valence-corrected chi connectivity index (χ0v) is 16.7. The number of anilines is 1. The van der Waals surface area contributed by atoms with Crippen LogP contribution in [0, 0.1) is 18.3 Å². The normalized spacial score (nSPS) is 19.8. The summed E-state index contributed by atoms with van der Waals surface area (Å²) in [5.41, 5.74) is 2.48. The molecule has 8 heteroatoms. The lowest BCUT2D eigenvalue weighted by atomic mass is 10.1. The summed E-state index contributed by atoms with van der Waals surface area (Å²) in [6, 6.07) is 8.22. The maximum absolute atomic E-state index is 12.8. The van der Waals surface area contributed by atoms with Crippen LogP contribution in [0.4, 0.5) is 14.5 Å². The lowest BCUT2D eigenvalue weighted by Crippen LogP contribution is -2.49. The number of rotatable bonds is 4. The van der Waals surface area contributed by atoms with Gasteiger partial charge in [0.2, 0.25) is 0 Å². The third-order valence-electron chi connectivity index (χ3n) is 5.92. The molecule has 0 bridgehead atoms. The van der Waals surface area contributed by atoms with Crippen LogP contribution in [0.2, 0.25) is 0 Å². The van der Waals surface area contributed by atoms with Crippen molar-refractivity contribution in [2.75, 3.05) is 31.1 Å². The standard InChI is InChI=1S/C22H23F2N5O/c1-14-10-15(12-25)2-5-19(14)29-8-6-28(7-9-29)17-4-3-16(11-17)21-26-13-18(20(23)24)22(30)27-21/h2,5,10-11,13,17,20H,3-4,6-9H2,1H3,(H,26,27,30). The van der Waals surface area contributed by atoms with E-state index < -0.39 is 17.5 Å². The summed E-state index contributed by atoms with van der Waals surface area (Å²) in [5.74, 6) is 0.388. The van der Waals surface area contributed by atoms with Crippen molar-refractivity contribution in [3.05, 3.63) is 63.3 Å². The largest absolute Gasteiger partial charge is 0.369 e. The number of hydrogen-bond acceptors (Lipinski definition) is 5. The van der Waals surface area contributed by atoms with Crippen molar-refractivity contribution in [2.45, 2.75) is 32.2 Å². The van der Waals surface area contributed by atoms with Crippen LogP contribution in [0.5, 0.6) is 0 Å². The molecule has 30 heavy (non-hydrogen) atoms. The number of nitriles is 1. The van der Waals surface area contributed by atoms with Crippen LogP contribution in [0.15, 0.2) is 35.3 Å². The molecule has 0 spiro atoms. The summed E-state index contributed by atoms with van der Waals surface area (Å²) in [5, 5.41) is 9.04. The maximum atomic E-state index is 12.8. The third kappa shape index (κ3) is 3.98. The Morgan fingerprint density at radius 1 is 1.27 bits per heavy atom. The van der Waals surface area contributed by atoms with Crippen LogP contribution < -0.4 is 10.5 Å². The van der Waals surface area contributed by atoms with E-state index in [1.807, 2.05) is 25.1 Å². The highest BCUT2D eigenvalue weighted by Gasteiger charge is 2.28. The Morgan fingerprint density at radius 3 is 2.67 bits per heavy atom. The van der Waals surface area contributed by atoms with Gasteiger partial charge in [-0.1, -0.05) is 6.08 Å². The van der Waals surface area contributed by atoms with E-state index >= 15 is 0 Å². The first kappa shape index (κ1) is 20.2. The van der Waals surface area contributed by atoms with Crippen LogP contribution in [0.3, 0.4) is 0 Å². The molecule has 2 aliphatic rings. The van der Waals surface area contributed by atoms with E-state index in [-0.39, 0.29) is 6.04 Å². The third-order valence-corrected chi connectivity index (χ3v) is 5.92. The number of aromatic amines is 1. The minimum Gasteiger partial charge on any atom is -0.369 e. The second kappa shape index (κ2) is 8.36. The Kier molecular flexibility index (Phi) is 5.64. The maximum Gasteiger partial charge on any atom is 0.270 e. The SMILES string of the molecule is Cc1cc(C#N)ccc1N1CCN(C2C=C(c3ncc(C(F)F)c(=O)[nH]3)CC2)CC1. The molecule has 1 fully saturated rings. The number of hydrogen-bond donors (Lipinski definition) is 1. The van der Waals surface area contributed by atoms with E-state index in [4.69, 9.17) is 5.26 Å². The van der Waals surface area contributed by atoms with Gasteiger partial charge in [0.25, 0.3) is 12.0 Å². The minimum absolute atomic E-state index is 0.254.